The third-order valence-corrected chi connectivity index (χ3v) is 3.13. The van der Waals surface area contributed by atoms with Crippen LogP contribution in [0.4, 0.5) is 5.69 Å². The van der Waals surface area contributed by atoms with E-state index in [4.69, 9.17) is 5.73 Å². The smallest absolute Gasteiger partial charge is 0.189 e. The molecule has 0 aliphatic heterocycles. The number of phenols is 1. The van der Waals surface area contributed by atoms with Gasteiger partial charge in [0.25, 0.3) is 0 Å². The second-order valence-corrected chi connectivity index (χ2v) is 4.90. The molecule has 0 fully saturated rings. The van der Waals surface area contributed by atoms with E-state index in [9.17, 15) is 9.90 Å². The standard InChI is InChI=1S/C15H12BrNO2/c16-11-6-7-12(15(19)9-11)14(18)8-5-10-3-1-2-4-13(10)17/h1-9,19H,17H2/b8-5+. The molecule has 0 radical (unpaired) electrons. The number of carbonyl (C=O) groups excluding carboxylic acids is 1. The molecule has 3 N–H and O–H groups in total. The maximum Gasteiger partial charge on any atom is 0.189 e. The van der Waals surface area contributed by atoms with Gasteiger partial charge in [-0.25, -0.2) is 0 Å². The summed E-state index contributed by atoms with van der Waals surface area (Å²) in [6, 6.07) is 12.0. The van der Waals surface area contributed by atoms with Crippen LogP contribution < -0.4 is 5.73 Å². The van der Waals surface area contributed by atoms with E-state index in [1.807, 2.05) is 18.2 Å². The van der Waals surface area contributed by atoms with Crippen molar-refractivity contribution >= 4 is 33.5 Å². The fourth-order valence-electron chi connectivity index (χ4n) is 1.63. The first-order valence-electron chi connectivity index (χ1n) is 5.63. The summed E-state index contributed by atoms with van der Waals surface area (Å²) in [5, 5.41) is 9.70. The maximum absolute atomic E-state index is 12.0. The van der Waals surface area contributed by atoms with Crippen molar-refractivity contribution < 1.29 is 9.90 Å². The maximum atomic E-state index is 12.0. The molecule has 96 valence electrons. The lowest BCUT2D eigenvalue weighted by atomic mass is 10.1. The highest BCUT2D eigenvalue weighted by Gasteiger charge is 2.08. The van der Waals surface area contributed by atoms with Gasteiger partial charge in [-0.3, -0.25) is 4.79 Å². The Hall–Kier alpha value is -2.07. The average molecular weight is 318 g/mol. The van der Waals surface area contributed by atoms with Crippen LogP contribution in [0.3, 0.4) is 0 Å². The highest BCUT2D eigenvalue weighted by atomic mass is 79.9. The largest absolute Gasteiger partial charge is 0.507 e. The van der Waals surface area contributed by atoms with Crippen LogP contribution in [0.5, 0.6) is 5.75 Å². The van der Waals surface area contributed by atoms with Gasteiger partial charge in [-0.05, 0) is 42.0 Å². The first kappa shape index (κ1) is 13.4. The second kappa shape index (κ2) is 5.71. The number of benzene rings is 2. The van der Waals surface area contributed by atoms with Gasteiger partial charge in [0.2, 0.25) is 0 Å². The minimum absolute atomic E-state index is 0.0509. The molecule has 0 bridgehead atoms. The summed E-state index contributed by atoms with van der Waals surface area (Å²) in [4.78, 5) is 12.0. The van der Waals surface area contributed by atoms with E-state index in [1.165, 1.54) is 12.1 Å². The molecule has 0 atom stereocenters. The Bertz CT molecular complexity index is 650. The normalized spacial score (nSPS) is 10.8. The van der Waals surface area contributed by atoms with E-state index in [0.717, 1.165) is 10.0 Å². The molecule has 3 nitrogen and oxygen atoms in total. The molecule has 2 rings (SSSR count). The molecule has 0 saturated heterocycles. The average Bonchev–Trinajstić information content (AvgIpc) is 2.37. The fourth-order valence-corrected chi connectivity index (χ4v) is 1.98. The van der Waals surface area contributed by atoms with Crippen molar-refractivity contribution in [3.63, 3.8) is 0 Å². The number of allylic oxidation sites excluding steroid dienone is 1. The number of hydrogen-bond donors (Lipinski definition) is 2. The number of hydrogen-bond acceptors (Lipinski definition) is 3. The van der Waals surface area contributed by atoms with Crippen LogP contribution in [-0.4, -0.2) is 10.9 Å². The third-order valence-electron chi connectivity index (χ3n) is 2.64. The zero-order valence-electron chi connectivity index (χ0n) is 10.0. The van der Waals surface area contributed by atoms with Crippen molar-refractivity contribution in [2.24, 2.45) is 0 Å². The minimum Gasteiger partial charge on any atom is -0.507 e. The molecule has 19 heavy (non-hydrogen) atoms. The number of carbonyl (C=O) groups is 1. The molecule has 0 aliphatic rings. The summed E-state index contributed by atoms with van der Waals surface area (Å²) in [5.41, 5.74) is 7.41. The Balaban J connectivity index is 2.24. The molecule has 2 aromatic carbocycles. The Morgan fingerprint density at radius 3 is 2.63 bits per heavy atom. The van der Waals surface area contributed by atoms with Gasteiger partial charge in [0.15, 0.2) is 5.78 Å². The van der Waals surface area contributed by atoms with E-state index in [2.05, 4.69) is 15.9 Å². The molecule has 0 amide bonds. The quantitative estimate of drug-likeness (QED) is 0.516. The van der Waals surface area contributed by atoms with E-state index >= 15 is 0 Å². The van der Waals surface area contributed by atoms with Crippen molar-refractivity contribution in [3.05, 3.63) is 64.1 Å². The molecular formula is C15H12BrNO2. The van der Waals surface area contributed by atoms with Crippen molar-refractivity contribution in [2.45, 2.75) is 0 Å². The molecule has 0 saturated carbocycles. The van der Waals surface area contributed by atoms with Gasteiger partial charge >= 0.3 is 0 Å². The van der Waals surface area contributed by atoms with Gasteiger partial charge in [0.05, 0.1) is 5.56 Å². The van der Waals surface area contributed by atoms with E-state index in [-0.39, 0.29) is 17.1 Å². The highest BCUT2D eigenvalue weighted by Crippen LogP contribution is 2.23. The lowest BCUT2D eigenvalue weighted by Gasteiger charge is -2.01. The summed E-state index contributed by atoms with van der Waals surface area (Å²) in [5.74, 6) is -0.321. The van der Waals surface area contributed by atoms with Crippen LogP contribution in [0.1, 0.15) is 15.9 Å². The first-order chi connectivity index (χ1) is 9.08. The minimum atomic E-state index is -0.270. The van der Waals surface area contributed by atoms with Crippen LogP contribution in [0.2, 0.25) is 0 Å². The summed E-state index contributed by atoms with van der Waals surface area (Å²) in [6.07, 6.45) is 3.04. The van der Waals surface area contributed by atoms with Crippen LogP contribution in [0.25, 0.3) is 6.08 Å². The SMILES string of the molecule is Nc1ccccc1/C=C/C(=O)c1ccc(Br)cc1O. The Kier molecular flexibility index (Phi) is 4.02. The van der Waals surface area contributed by atoms with E-state index in [1.54, 1.807) is 24.3 Å². The Morgan fingerprint density at radius 1 is 1.21 bits per heavy atom. The lowest BCUT2D eigenvalue weighted by molar-refractivity contribution is 0.104. The molecule has 2 aromatic rings. The van der Waals surface area contributed by atoms with Crippen LogP contribution in [0.15, 0.2) is 53.0 Å². The molecule has 0 spiro atoms. The van der Waals surface area contributed by atoms with Gasteiger partial charge in [-0.1, -0.05) is 34.1 Å². The summed E-state index contributed by atoms with van der Waals surface area (Å²) < 4.78 is 0.720. The number of para-hydroxylation sites is 1. The van der Waals surface area contributed by atoms with Gasteiger partial charge < -0.3 is 10.8 Å². The third kappa shape index (κ3) is 3.23. The van der Waals surface area contributed by atoms with Gasteiger partial charge in [-0.15, -0.1) is 0 Å². The van der Waals surface area contributed by atoms with Crippen molar-refractivity contribution in [1.29, 1.82) is 0 Å². The number of anilines is 1. The monoisotopic (exact) mass is 317 g/mol. The molecule has 0 aliphatic carbocycles. The fraction of sp³-hybridized carbons (Fsp3) is 0. The van der Waals surface area contributed by atoms with Crippen LogP contribution in [-0.2, 0) is 0 Å². The summed E-state index contributed by atoms with van der Waals surface area (Å²) in [7, 11) is 0. The number of nitrogens with two attached hydrogens (primary N) is 1. The molecule has 0 aromatic heterocycles. The molecule has 0 heterocycles. The zero-order valence-corrected chi connectivity index (χ0v) is 11.6. The highest BCUT2D eigenvalue weighted by molar-refractivity contribution is 9.10. The Morgan fingerprint density at radius 2 is 1.95 bits per heavy atom. The number of halogens is 1. The number of ketones is 1. The van der Waals surface area contributed by atoms with Gasteiger partial charge in [-0.2, -0.15) is 0 Å². The van der Waals surface area contributed by atoms with Crippen molar-refractivity contribution in [3.8, 4) is 5.75 Å². The molecular weight excluding hydrogens is 306 g/mol. The number of phenolic OH excluding ortho intramolecular Hbond substituents is 1. The predicted octanol–water partition coefficient (Wildman–Crippen LogP) is 3.63. The van der Waals surface area contributed by atoms with Gasteiger partial charge in [0.1, 0.15) is 5.75 Å². The first-order valence-corrected chi connectivity index (χ1v) is 6.42. The number of rotatable bonds is 3. The topological polar surface area (TPSA) is 63.3 Å². The second-order valence-electron chi connectivity index (χ2n) is 3.99. The lowest BCUT2D eigenvalue weighted by Crippen LogP contribution is -1.95. The molecule has 4 heteroatoms. The van der Waals surface area contributed by atoms with Crippen LogP contribution in [0, 0.1) is 0 Å². The van der Waals surface area contributed by atoms with E-state index in [0.29, 0.717) is 5.69 Å². The summed E-state index contributed by atoms with van der Waals surface area (Å²) >= 11 is 3.22. The zero-order chi connectivity index (χ0) is 13.8. The van der Waals surface area contributed by atoms with E-state index < -0.39 is 0 Å². The number of aromatic hydroxyl groups is 1. The van der Waals surface area contributed by atoms with Crippen LogP contribution >= 0.6 is 15.9 Å². The Labute approximate surface area is 119 Å². The predicted molar refractivity (Wildman–Crippen MR) is 80.0 cm³/mol. The van der Waals surface area contributed by atoms with Gasteiger partial charge in [0, 0.05) is 10.2 Å². The molecule has 0 unspecified atom stereocenters. The number of nitrogen functional groups attached to an aromatic ring is 1. The summed E-state index contributed by atoms with van der Waals surface area (Å²) in [6.45, 7) is 0. The van der Waals surface area contributed by atoms with Crippen molar-refractivity contribution in [2.75, 3.05) is 5.73 Å². The van der Waals surface area contributed by atoms with Crippen molar-refractivity contribution in [1.82, 2.24) is 0 Å².